The number of rotatable bonds is 0. The molecule has 3 rings (SSSR count). The number of benzene rings is 1. The molecule has 0 fully saturated rings. The maximum absolute atomic E-state index is 12.4. The van der Waals surface area contributed by atoms with Gasteiger partial charge in [-0.15, -0.1) is 0 Å². The van der Waals surface area contributed by atoms with Crippen LogP contribution < -0.4 is 0 Å². The molecule has 1 aromatic heterocycles. The number of nitrogens with zero attached hydrogens (tertiary/aromatic N) is 3. The van der Waals surface area contributed by atoms with Crippen LogP contribution in [0.3, 0.4) is 0 Å². The molecule has 1 amide bonds. The van der Waals surface area contributed by atoms with Crippen LogP contribution in [-0.2, 0) is 6.54 Å². The molecule has 0 unspecified atom stereocenters. The molecule has 5 heteroatoms. The first-order valence-electron chi connectivity index (χ1n) is 7.03. The first kappa shape index (κ1) is 14.4. The number of hydrogen-bond acceptors (Lipinski definition) is 3. The highest BCUT2D eigenvalue weighted by molar-refractivity contribution is 5.98. The van der Waals surface area contributed by atoms with Gasteiger partial charge in [-0.25, -0.2) is 4.98 Å². The quantitative estimate of drug-likeness (QED) is 0.751. The predicted molar refractivity (Wildman–Crippen MR) is 82.5 cm³/mol. The van der Waals surface area contributed by atoms with Crippen LogP contribution >= 0.6 is 0 Å². The minimum Gasteiger partial charge on any atom is -0.378 e. The Hall–Kier alpha value is -2.58. The monoisotopic (exact) mass is 295 g/mol. The normalized spacial score (nSPS) is 13.8. The van der Waals surface area contributed by atoms with E-state index in [-0.39, 0.29) is 5.91 Å². The first-order valence-corrected chi connectivity index (χ1v) is 7.03. The summed E-state index contributed by atoms with van der Waals surface area (Å²) in [4.78, 5) is 18.4. The summed E-state index contributed by atoms with van der Waals surface area (Å²) >= 11 is 0. The van der Waals surface area contributed by atoms with Crippen LogP contribution in [-0.4, -0.2) is 38.1 Å². The molecule has 0 saturated heterocycles. The summed E-state index contributed by atoms with van der Waals surface area (Å²) in [5, 5.41) is 9.76. The number of hydrogen-bond donors (Lipinski definition) is 1. The Morgan fingerprint density at radius 2 is 2.05 bits per heavy atom. The van der Waals surface area contributed by atoms with Crippen LogP contribution in [0.4, 0.5) is 0 Å². The van der Waals surface area contributed by atoms with E-state index in [9.17, 15) is 9.90 Å². The molecular formula is C17H17N3O2. The van der Waals surface area contributed by atoms with Crippen molar-refractivity contribution in [3.63, 3.8) is 0 Å². The standard InChI is InChI=1S/C17H17N3O2/c1-17(2,22)9-8-13-15-10-19(3)16(21)12-6-4-5-7-14(12)20(15)11-18-13/h4-7,11,22H,10H2,1-3H3. The van der Waals surface area contributed by atoms with Gasteiger partial charge in [0.05, 0.1) is 23.5 Å². The molecule has 1 aliphatic heterocycles. The summed E-state index contributed by atoms with van der Waals surface area (Å²) in [5.41, 5.74) is 1.79. The largest absolute Gasteiger partial charge is 0.378 e. The van der Waals surface area contributed by atoms with Crippen LogP contribution in [0, 0.1) is 11.8 Å². The van der Waals surface area contributed by atoms with Gasteiger partial charge in [-0.2, -0.15) is 0 Å². The number of imidazole rings is 1. The number of fused-ring (bicyclic) bond motifs is 3. The number of carbonyl (C=O) groups excluding carboxylic acids is 1. The van der Waals surface area contributed by atoms with Gasteiger partial charge in [0.2, 0.25) is 0 Å². The molecule has 2 heterocycles. The highest BCUT2D eigenvalue weighted by Crippen LogP contribution is 2.25. The van der Waals surface area contributed by atoms with Crippen LogP contribution in [0.1, 0.15) is 35.6 Å². The fourth-order valence-electron chi connectivity index (χ4n) is 2.42. The van der Waals surface area contributed by atoms with Gasteiger partial charge in [0.1, 0.15) is 17.6 Å². The Balaban J connectivity index is 2.18. The van der Waals surface area contributed by atoms with Gasteiger partial charge in [-0.1, -0.05) is 18.1 Å². The van der Waals surface area contributed by atoms with Crippen molar-refractivity contribution in [3.05, 3.63) is 47.5 Å². The van der Waals surface area contributed by atoms with Gasteiger partial charge < -0.3 is 10.0 Å². The third-order valence-electron chi connectivity index (χ3n) is 3.48. The van der Waals surface area contributed by atoms with Crippen LogP contribution in [0.5, 0.6) is 0 Å². The molecule has 0 radical (unpaired) electrons. The fraction of sp³-hybridized carbons (Fsp3) is 0.294. The molecule has 5 nitrogen and oxygen atoms in total. The van der Waals surface area contributed by atoms with Gasteiger partial charge in [0.15, 0.2) is 0 Å². The molecule has 1 N–H and O–H groups in total. The van der Waals surface area contributed by atoms with E-state index in [0.29, 0.717) is 17.8 Å². The first-order chi connectivity index (χ1) is 10.4. The maximum atomic E-state index is 12.4. The van der Waals surface area contributed by atoms with Crippen molar-refractivity contribution < 1.29 is 9.90 Å². The number of para-hydroxylation sites is 1. The topological polar surface area (TPSA) is 58.4 Å². The second kappa shape index (κ2) is 5.00. The SMILES string of the molecule is CN1Cc2c(C#CC(C)(C)O)ncn2-c2ccccc2C1=O. The lowest BCUT2D eigenvalue weighted by Crippen LogP contribution is -2.25. The van der Waals surface area contributed by atoms with E-state index >= 15 is 0 Å². The Bertz CT molecular complexity index is 803. The van der Waals surface area contributed by atoms with Crippen molar-refractivity contribution in [2.75, 3.05) is 7.05 Å². The zero-order valence-electron chi connectivity index (χ0n) is 12.8. The predicted octanol–water partition coefficient (Wildman–Crippen LogP) is 1.58. The van der Waals surface area contributed by atoms with Crippen molar-refractivity contribution in [3.8, 4) is 17.5 Å². The summed E-state index contributed by atoms with van der Waals surface area (Å²) in [6, 6.07) is 7.45. The Kier molecular flexibility index (Phi) is 3.27. The third-order valence-corrected chi connectivity index (χ3v) is 3.48. The summed E-state index contributed by atoms with van der Waals surface area (Å²) in [7, 11) is 1.76. The zero-order valence-corrected chi connectivity index (χ0v) is 12.8. The van der Waals surface area contributed by atoms with E-state index in [4.69, 9.17) is 0 Å². The number of carbonyl (C=O) groups is 1. The summed E-state index contributed by atoms with van der Waals surface area (Å²) in [6.45, 7) is 3.67. The second-order valence-electron chi connectivity index (χ2n) is 5.90. The zero-order chi connectivity index (χ0) is 15.9. The van der Waals surface area contributed by atoms with Crippen LogP contribution in [0.15, 0.2) is 30.6 Å². The van der Waals surface area contributed by atoms with Gasteiger partial charge >= 0.3 is 0 Å². The highest BCUT2D eigenvalue weighted by Gasteiger charge is 2.25. The molecule has 0 spiro atoms. The minimum atomic E-state index is -1.08. The molecule has 0 saturated carbocycles. The van der Waals surface area contributed by atoms with Crippen LogP contribution in [0.25, 0.3) is 5.69 Å². The smallest absolute Gasteiger partial charge is 0.256 e. The Morgan fingerprint density at radius 3 is 2.77 bits per heavy atom. The average molecular weight is 295 g/mol. The van der Waals surface area contributed by atoms with E-state index in [1.54, 1.807) is 32.1 Å². The second-order valence-corrected chi connectivity index (χ2v) is 5.90. The molecule has 0 bridgehead atoms. The summed E-state index contributed by atoms with van der Waals surface area (Å²) in [5.74, 6) is 5.66. The van der Waals surface area contributed by atoms with Gasteiger partial charge in [0, 0.05) is 7.05 Å². The highest BCUT2D eigenvalue weighted by atomic mass is 16.3. The van der Waals surface area contributed by atoms with E-state index in [2.05, 4.69) is 16.8 Å². The molecular weight excluding hydrogens is 278 g/mol. The van der Waals surface area contributed by atoms with E-state index in [0.717, 1.165) is 11.4 Å². The molecule has 0 atom stereocenters. The van der Waals surface area contributed by atoms with Crippen molar-refractivity contribution >= 4 is 5.91 Å². The van der Waals surface area contributed by atoms with E-state index in [1.165, 1.54) is 0 Å². The maximum Gasteiger partial charge on any atom is 0.256 e. The minimum absolute atomic E-state index is 0.0271. The molecule has 0 aliphatic carbocycles. The van der Waals surface area contributed by atoms with E-state index < -0.39 is 5.60 Å². The molecule has 2 aromatic rings. The lowest BCUT2D eigenvalue weighted by atomic mass is 10.1. The third kappa shape index (κ3) is 2.49. The van der Waals surface area contributed by atoms with Crippen molar-refractivity contribution in [1.29, 1.82) is 0 Å². The van der Waals surface area contributed by atoms with Gasteiger partial charge in [-0.05, 0) is 31.9 Å². The van der Waals surface area contributed by atoms with Crippen LogP contribution in [0.2, 0.25) is 0 Å². The molecule has 1 aliphatic rings. The van der Waals surface area contributed by atoms with Crippen molar-refractivity contribution in [1.82, 2.24) is 14.5 Å². The summed E-state index contributed by atoms with van der Waals surface area (Å²) in [6.07, 6.45) is 1.68. The van der Waals surface area contributed by atoms with Crippen molar-refractivity contribution in [2.45, 2.75) is 26.0 Å². The lowest BCUT2D eigenvalue weighted by Gasteiger charge is -2.13. The van der Waals surface area contributed by atoms with E-state index in [1.807, 2.05) is 28.8 Å². The Morgan fingerprint density at radius 1 is 1.32 bits per heavy atom. The number of aromatic nitrogens is 2. The van der Waals surface area contributed by atoms with Crippen molar-refractivity contribution in [2.24, 2.45) is 0 Å². The average Bonchev–Trinajstić information content (AvgIpc) is 2.82. The lowest BCUT2D eigenvalue weighted by molar-refractivity contribution is 0.0788. The van der Waals surface area contributed by atoms with Gasteiger partial charge in [0.25, 0.3) is 5.91 Å². The number of aliphatic hydroxyl groups is 1. The Labute approximate surface area is 129 Å². The molecule has 112 valence electrons. The number of amides is 1. The molecule has 1 aromatic carbocycles. The van der Waals surface area contributed by atoms with Gasteiger partial charge in [-0.3, -0.25) is 9.36 Å². The fourth-order valence-corrected chi connectivity index (χ4v) is 2.42. The summed E-state index contributed by atoms with van der Waals surface area (Å²) < 4.78 is 1.89. The molecule has 22 heavy (non-hydrogen) atoms.